The fourth-order valence-corrected chi connectivity index (χ4v) is 4.63. The number of aromatic nitrogens is 3. The predicted octanol–water partition coefficient (Wildman–Crippen LogP) is 5.86. The Morgan fingerprint density at radius 1 is 1.15 bits per heavy atom. The molecule has 7 nitrogen and oxygen atoms in total. The zero-order chi connectivity index (χ0) is 22.8. The fourth-order valence-electron chi connectivity index (χ4n) is 3.37. The molecular weight excluding hydrogens is 460 g/mol. The maximum atomic E-state index is 13.6. The highest BCUT2D eigenvalue weighted by molar-refractivity contribution is 7.23. The van der Waals surface area contributed by atoms with Crippen LogP contribution in [-0.4, -0.2) is 28.1 Å². The number of thiazole rings is 1. The molecule has 0 aliphatic rings. The van der Waals surface area contributed by atoms with Crippen molar-refractivity contribution in [2.45, 2.75) is 6.54 Å². The number of anilines is 1. The molecular formula is C24H17ClN4O3S. The molecule has 0 bridgehead atoms. The molecule has 5 aromatic rings. The lowest BCUT2D eigenvalue weighted by Gasteiger charge is -2.18. The quantitative estimate of drug-likeness (QED) is 0.305. The molecule has 1 amide bonds. The molecule has 0 saturated carbocycles. The van der Waals surface area contributed by atoms with Crippen LogP contribution in [0, 0.1) is 0 Å². The Kier molecular flexibility index (Phi) is 5.77. The topological polar surface area (TPSA) is 81.4 Å². The minimum Gasteiger partial charge on any atom is -0.494 e. The second-order valence-corrected chi connectivity index (χ2v) is 8.50. The molecule has 3 aromatic heterocycles. The summed E-state index contributed by atoms with van der Waals surface area (Å²) in [5.41, 5.74) is 2.45. The van der Waals surface area contributed by atoms with Crippen LogP contribution in [0.25, 0.3) is 21.5 Å². The highest BCUT2D eigenvalue weighted by Gasteiger charge is 2.26. The van der Waals surface area contributed by atoms with Crippen molar-refractivity contribution in [2.24, 2.45) is 0 Å². The average molecular weight is 477 g/mol. The number of carbonyl (C=O) groups is 1. The minimum atomic E-state index is -0.348. The van der Waals surface area contributed by atoms with Crippen LogP contribution < -0.4 is 9.64 Å². The number of hydrogen-bond donors (Lipinski definition) is 0. The molecule has 0 aliphatic carbocycles. The second-order valence-electron chi connectivity index (χ2n) is 7.12. The first-order chi connectivity index (χ1) is 16.1. The highest BCUT2D eigenvalue weighted by atomic mass is 35.5. The monoisotopic (exact) mass is 476 g/mol. The summed E-state index contributed by atoms with van der Waals surface area (Å²) in [5.74, 6) is 0.742. The van der Waals surface area contributed by atoms with Gasteiger partial charge in [-0.05, 0) is 23.8 Å². The molecule has 0 fully saturated rings. The average Bonchev–Trinajstić information content (AvgIpc) is 3.52. The van der Waals surface area contributed by atoms with Crippen molar-refractivity contribution in [3.8, 4) is 17.1 Å². The Labute approximate surface area is 198 Å². The number of nitrogens with zero attached hydrogens (tertiary/aromatic N) is 4. The van der Waals surface area contributed by atoms with Gasteiger partial charge in [-0.2, -0.15) is 0 Å². The van der Waals surface area contributed by atoms with Crippen molar-refractivity contribution in [2.75, 3.05) is 12.0 Å². The van der Waals surface area contributed by atoms with Crippen LogP contribution in [0.5, 0.6) is 5.75 Å². The van der Waals surface area contributed by atoms with E-state index in [1.54, 1.807) is 42.6 Å². The van der Waals surface area contributed by atoms with Gasteiger partial charge in [0.2, 0.25) is 0 Å². The van der Waals surface area contributed by atoms with Gasteiger partial charge in [-0.3, -0.25) is 14.7 Å². The van der Waals surface area contributed by atoms with Crippen molar-refractivity contribution in [1.82, 2.24) is 15.1 Å². The van der Waals surface area contributed by atoms with E-state index in [9.17, 15) is 4.79 Å². The first kappa shape index (κ1) is 21.1. The third kappa shape index (κ3) is 4.18. The zero-order valence-electron chi connectivity index (χ0n) is 17.4. The Morgan fingerprint density at radius 2 is 2.00 bits per heavy atom. The van der Waals surface area contributed by atoms with E-state index in [1.165, 1.54) is 11.3 Å². The molecule has 0 spiro atoms. The molecule has 0 aliphatic heterocycles. The SMILES string of the molecule is COc1ccc(Cl)c2sc(N(Cc3cccnc3)C(=O)c3cc(-c4ccccc4)on3)nc12. The van der Waals surface area contributed by atoms with E-state index in [2.05, 4.69) is 15.1 Å². The zero-order valence-corrected chi connectivity index (χ0v) is 19.0. The molecule has 0 atom stereocenters. The van der Waals surface area contributed by atoms with Crippen molar-refractivity contribution >= 4 is 44.2 Å². The standard InChI is InChI=1S/C24H17ClN4O3S/c1-31-19-10-9-17(25)22-21(19)27-24(33-22)29(14-15-6-5-11-26-13-15)23(30)18-12-20(32-28-18)16-7-3-2-4-8-16/h2-13H,14H2,1H3. The van der Waals surface area contributed by atoms with Gasteiger partial charge in [0.05, 0.1) is 23.4 Å². The van der Waals surface area contributed by atoms with E-state index in [0.29, 0.717) is 27.2 Å². The van der Waals surface area contributed by atoms with Gasteiger partial charge in [0, 0.05) is 24.0 Å². The molecule has 164 valence electrons. The second kappa shape index (κ2) is 9.01. The number of pyridine rings is 1. The molecule has 3 heterocycles. The number of methoxy groups -OCH3 is 1. The molecule has 2 aromatic carbocycles. The normalized spacial score (nSPS) is 11.0. The predicted molar refractivity (Wildman–Crippen MR) is 128 cm³/mol. The Bertz CT molecular complexity index is 1420. The summed E-state index contributed by atoms with van der Waals surface area (Å²) in [5, 5.41) is 5.04. The van der Waals surface area contributed by atoms with Crippen molar-refractivity contribution in [3.63, 3.8) is 0 Å². The van der Waals surface area contributed by atoms with E-state index in [1.807, 2.05) is 42.5 Å². The van der Waals surface area contributed by atoms with Gasteiger partial charge in [-0.15, -0.1) is 0 Å². The van der Waals surface area contributed by atoms with Crippen LogP contribution >= 0.6 is 22.9 Å². The molecule has 5 rings (SSSR count). The Hall–Kier alpha value is -3.75. The van der Waals surface area contributed by atoms with Gasteiger partial charge >= 0.3 is 0 Å². The summed E-state index contributed by atoms with van der Waals surface area (Å²) < 4.78 is 11.6. The summed E-state index contributed by atoms with van der Waals surface area (Å²) in [6, 6.07) is 18.3. The lowest BCUT2D eigenvalue weighted by Crippen LogP contribution is -2.30. The molecule has 0 radical (unpaired) electrons. The van der Waals surface area contributed by atoms with Crippen LogP contribution in [-0.2, 0) is 6.54 Å². The van der Waals surface area contributed by atoms with E-state index >= 15 is 0 Å². The minimum absolute atomic E-state index is 0.176. The lowest BCUT2D eigenvalue weighted by molar-refractivity contribution is 0.0976. The van der Waals surface area contributed by atoms with Crippen molar-refractivity contribution in [3.05, 3.63) is 89.3 Å². The molecule has 0 saturated heterocycles. The third-order valence-corrected chi connectivity index (χ3v) is 6.53. The summed E-state index contributed by atoms with van der Waals surface area (Å²) >= 11 is 7.72. The third-order valence-electron chi connectivity index (χ3n) is 4.99. The van der Waals surface area contributed by atoms with Gasteiger partial charge in [0.25, 0.3) is 5.91 Å². The van der Waals surface area contributed by atoms with Crippen molar-refractivity contribution < 1.29 is 14.1 Å². The van der Waals surface area contributed by atoms with E-state index < -0.39 is 0 Å². The lowest BCUT2D eigenvalue weighted by atomic mass is 10.1. The number of benzene rings is 2. The van der Waals surface area contributed by atoms with E-state index in [0.717, 1.165) is 15.8 Å². The number of rotatable bonds is 6. The number of ether oxygens (including phenoxy) is 1. The van der Waals surface area contributed by atoms with Gasteiger partial charge in [-0.1, -0.05) is 64.5 Å². The van der Waals surface area contributed by atoms with E-state index in [4.69, 9.17) is 20.9 Å². The van der Waals surface area contributed by atoms with Crippen LogP contribution in [0.2, 0.25) is 5.02 Å². The number of carbonyl (C=O) groups excluding carboxylic acids is 1. The Morgan fingerprint density at radius 3 is 2.76 bits per heavy atom. The molecule has 33 heavy (non-hydrogen) atoms. The largest absolute Gasteiger partial charge is 0.494 e. The molecule has 0 unspecified atom stereocenters. The van der Waals surface area contributed by atoms with Crippen LogP contribution in [0.15, 0.2) is 77.6 Å². The van der Waals surface area contributed by atoms with Crippen LogP contribution in [0.3, 0.4) is 0 Å². The maximum absolute atomic E-state index is 13.6. The highest BCUT2D eigenvalue weighted by Crippen LogP contribution is 2.39. The van der Waals surface area contributed by atoms with Crippen LogP contribution in [0.4, 0.5) is 5.13 Å². The summed E-state index contributed by atoms with van der Waals surface area (Å²) in [4.78, 5) is 24.0. The van der Waals surface area contributed by atoms with Gasteiger partial charge in [0.1, 0.15) is 11.3 Å². The summed E-state index contributed by atoms with van der Waals surface area (Å²) in [7, 11) is 1.57. The Balaban J connectivity index is 1.57. The summed E-state index contributed by atoms with van der Waals surface area (Å²) in [6.45, 7) is 0.250. The van der Waals surface area contributed by atoms with Gasteiger partial charge in [-0.25, -0.2) is 4.98 Å². The number of amides is 1. The van der Waals surface area contributed by atoms with Crippen LogP contribution in [0.1, 0.15) is 16.1 Å². The maximum Gasteiger partial charge on any atom is 0.282 e. The molecule has 9 heteroatoms. The summed E-state index contributed by atoms with van der Waals surface area (Å²) in [6.07, 6.45) is 3.39. The fraction of sp³-hybridized carbons (Fsp3) is 0.0833. The first-order valence-corrected chi connectivity index (χ1v) is 11.2. The smallest absolute Gasteiger partial charge is 0.282 e. The van der Waals surface area contributed by atoms with Gasteiger partial charge in [0.15, 0.2) is 16.6 Å². The van der Waals surface area contributed by atoms with Crippen molar-refractivity contribution in [1.29, 1.82) is 0 Å². The number of halogens is 1. The molecule has 0 N–H and O–H groups in total. The number of fused-ring (bicyclic) bond motifs is 1. The van der Waals surface area contributed by atoms with E-state index in [-0.39, 0.29) is 18.1 Å². The first-order valence-electron chi connectivity index (χ1n) is 10.00. The number of hydrogen-bond acceptors (Lipinski definition) is 7. The van der Waals surface area contributed by atoms with Gasteiger partial charge < -0.3 is 9.26 Å².